The standard InChI is InChI=1S/C13H10F3NO2/c14-13(15,16)12(19)9-6-7-11(18)17(8-9)10-4-2-1-3-5-10/h1-8,12,19H. The zero-order valence-corrected chi connectivity index (χ0v) is 9.63. The zero-order chi connectivity index (χ0) is 14.0. The number of benzene rings is 1. The largest absolute Gasteiger partial charge is 0.418 e. The summed E-state index contributed by atoms with van der Waals surface area (Å²) in [6.07, 6.45) is -6.38. The summed E-state index contributed by atoms with van der Waals surface area (Å²) in [6, 6.07) is 10.2. The molecule has 19 heavy (non-hydrogen) atoms. The summed E-state index contributed by atoms with van der Waals surface area (Å²) in [4.78, 5) is 11.6. The molecule has 1 unspecified atom stereocenters. The van der Waals surface area contributed by atoms with Crippen molar-refractivity contribution in [1.82, 2.24) is 4.57 Å². The van der Waals surface area contributed by atoms with E-state index in [0.29, 0.717) is 5.69 Å². The van der Waals surface area contributed by atoms with Crippen LogP contribution in [0.25, 0.3) is 5.69 Å². The van der Waals surface area contributed by atoms with E-state index in [-0.39, 0.29) is 5.56 Å². The smallest absolute Gasteiger partial charge is 0.379 e. The third kappa shape index (κ3) is 2.85. The van der Waals surface area contributed by atoms with Gasteiger partial charge in [-0.3, -0.25) is 9.36 Å². The van der Waals surface area contributed by atoms with Crippen molar-refractivity contribution >= 4 is 0 Å². The molecule has 0 amide bonds. The lowest BCUT2D eigenvalue weighted by molar-refractivity contribution is -0.206. The van der Waals surface area contributed by atoms with E-state index in [1.165, 1.54) is 0 Å². The molecule has 0 aliphatic heterocycles. The Morgan fingerprint density at radius 2 is 1.68 bits per heavy atom. The van der Waals surface area contributed by atoms with Gasteiger partial charge in [-0.1, -0.05) is 18.2 Å². The second-order valence-corrected chi connectivity index (χ2v) is 3.95. The highest BCUT2D eigenvalue weighted by molar-refractivity contribution is 5.33. The molecule has 0 aliphatic rings. The summed E-state index contributed by atoms with van der Waals surface area (Å²) >= 11 is 0. The third-order valence-corrected chi connectivity index (χ3v) is 2.59. The lowest BCUT2D eigenvalue weighted by Gasteiger charge is -2.16. The average molecular weight is 269 g/mol. The molecule has 1 aromatic heterocycles. The topological polar surface area (TPSA) is 42.2 Å². The van der Waals surface area contributed by atoms with Gasteiger partial charge in [-0.15, -0.1) is 0 Å². The predicted molar refractivity (Wildman–Crippen MR) is 63.1 cm³/mol. The maximum absolute atomic E-state index is 12.4. The van der Waals surface area contributed by atoms with Crippen LogP contribution in [-0.2, 0) is 0 Å². The van der Waals surface area contributed by atoms with E-state index in [9.17, 15) is 23.1 Å². The number of hydrogen-bond donors (Lipinski definition) is 1. The molecule has 1 heterocycles. The molecule has 1 atom stereocenters. The zero-order valence-electron chi connectivity index (χ0n) is 9.63. The Hall–Kier alpha value is -2.08. The summed E-state index contributed by atoms with van der Waals surface area (Å²) in [5, 5.41) is 9.18. The van der Waals surface area contributed by atoms with E-state index in [1.54, 1.807) is 30.3 Å². The SMILES string of the molecule is O=c1ccc(C(O)C(F)(F)F)cn1-c1ccccc1. The van der Waals surface area contributed by atoms with Crippen LogP contribution in [0.5, 0.6) is 0 Å². The number of halogens is 3. The van der Waals surface area contributed by atoms with Gasteiger partial charge in [-0.25, -0.2) is 0 Å². The highest BCUT2D eigenvalue weighted by Crippen LogP contribution is 2.31. The lowest BCUT2D eigenvalue weighted by atomic mass is 10.1. The highest BCUT2D eigenvalue weighted by atomic mass is 19.4. The van der Waals surface area contributed by atoms with Crippen LogP contribution in [0.1, 0.15) is 11.7 Å². The first-order valence-electron chi connectivity index (χ1n) is 5.42. The molecule has 0 radical (unpaired) electrons. The Morgan fingerprint density at radius 1 is 1.05 bits per heavy atom. The first kappa shape index (κ1) is 13.4. The van der Waals surface area contributed by atoms with E-state index in [4.69, 9.17) is 0 Å². The highest BCUT2D eigenvalue weighted by Gasteiger charge is 2.39. The summed E-state index contributed by atoms with van der Waals surface area (Å²) in [5.74, 6) is 0. The molecule has 3 nitrogen and oxygen atoms in total. The Kier molecular flexibility index (Phi) is 3.44. The van der Waals surface area contributed by atoms with Gasteiger partial charge in [0, 0.05) is 23.5 Å². The predicted octanol–water partition coefficient (Wildman–Crippen LogP) is 2.43. The van der Waals surface area contributed by atoms with Gasteiger partial charge in [-0.05, 0) is 18.2 Å². The van der Waals surface area contributed by atoms with Crippen LogP contribution in [0.15, 0.2) is 53.5 Å². The minimum atomic E-state index is -4.76. The second-order valence-electron chi connectivity index (χ2n) is 3.95. The number of para-hydroxylation sites is 1. The molecule has 0 aliphatic carbocycles. The van der Waals surface area contributed by atoms with Crippen molar-refractivity contribution in [1.29, 1.82) is 0 Å². The number of aromatic nitrogens is 1. The molecule has 0 saturated carbocycles. The van der Waals surface area contributed by atoms with E-state index in [1.807, 2.05) is 0 Å². The molecule has 0 spiro atoms. The van der Waals surface area contributed by atoms with Gasteiger partial charge in [0.15, 0.2) is 6.10 Å². The molecule has 0 fully saturated rings. The van der Waals surface area contributed by atoms with Crippen LogP contribution < -0.4 is 5.56 Å². The number of rotatable bonds is 2. The number of aliphatic hydroxyl groups is 1. The number of aliphatic hydroxyl groups excluding tert-OH is 1. The number of pyridine rings is 1. The Balaban J connectivity index is 2.50. The Bertz CT molecular complexity index is 620. The molecule has 0 saturated heterocycles. The van der Waals surface area contributed by atoms with Gasteiger partial charge in [0.1, 0.15) is 0 Å². The van der Waals surface area contributed by atoms with Crippen molar-refractivity contribution in [3.05, 3.63) is 64.6 Å². The molecular formula is C13H10F3NO2. The van der Waals surface area contributed by atoms with Crippen LogP contribution in [0.4, 0.5) is 13.2 Å². The third-order valence-electron chi connectivity index (χ3n) is 2.59. The molecule has 2 rings (SSSR count). The van der Waals surface area contributed by atoms with Gasteiger partial charge >= 0.3 is 6.18 Å². The maximum Gasteiger partial charge on any atom is 0.418 e. The van der Waals surface area contributed by atoms with E-state index < -0.39 is 17.8 Å². The average Bonchev–Trinajstić information content (AvgIpc) is 2.38. The fraction of sp³-hybridized carbons (Fsp3) is 0.154. The van der Waals surface area contributed by atoms with Crippen molar-refractivity contribution in [2.45, 2.75) is 12.3 Å². The minimum absolute atomic E-state index is 0.379. The molecule has 1 aromatic carbocycles. The number of hydrogen-bond acceptors (Lipinski definition) is 2. The van der Waals surface area contributed by atoms with Crippen LogP contribution in [-0.4, -0.2) is 15.8 Å². The first-order valence-corrected chi connectivity index (χ1v) is 5.42. The summed E-state index contributed by atoms with van der Waals surface area (Å²) in [5.41, 5.74) is -0.413. The minimum Gasteiger partial charge on any atom is -0.379 e. The van der Waals surface area contributed by atoms with E-state index in [0.717, 1.165) is 22.9 Å². The molecule has 2 aromatic rings. The quantitative estimate of drug-likeness (QED) is 0.909. The van der Waals surface area contributed by atoms with Crippen molar-refractivity contribution in [2.24, 2.45) is 0 Å². The lowest BCUT2D eigenvalue weighted by Crippen LogP contribution is -2.24. The van der Waals surface area contributed by atoms with Gasteiger partial charge in [0.05, 0.1) is 0 Å². The number of nitrogens with zero attached hydrogens (tertiary/aromatic N) is 1. The van der Waals surface area contributed by atoms with Gasteiger partial charge in [-0.2, -0.15) is 13.2 Å². The van der Waals surface area contributed by atoms with Crippen molar-refractivity contribution in [2.75, 3.05) is 0 Å². The maximum atomic E-state index is 12.4. The summed E-state index contributed by atoms with van der Waals surface area (Å²) in [7, 11) is 0. The van der Waals surface area contributed by atoms with Gasteiger partial charge in [0.25, 0.3) is 5.56 Å². The second kappa shape index (κ2) is 4.89. The Labute approximate surface area is 106 Å². The van der Waals surface area contributed by atoms with E-state index in [2.05, 4.69) is 0 Å². The van der Waals surface area contributed by atoms with Gasteiger partial charge < -0.3 is 5.11 Å². The molecule has 0 bridgehead atoms. The fourth-order valence-corrected chi connectivity index (χ4v) is 1.64. The van der Waals surface area contributed by atoms with Crippen molar-refractivity contribution < 1.29 is 18.3 Å². The van der Waals surface area contributed by atoms with Crippen molar-refractivity contribution in [3.63, 3.8) is 0 Å². The van der Waals surface area contributed by atoms with Gasteiger partial charge in [0.2, 0.25) is 0 Å². The molecule has 100 valence electrons. The normalized spacial score (nSPS) is 13.3. The van der Waals surface area contributed by atoms with Crippen molar-refractivity contribution in [3.8, 4) is 5.69 Å². The fourth-order valence-electron chi connectivity index (χ4n) is 1.64. The molecule has 1 N–H and O–H groups in total. The monoisotopic (exact) mass is 269 g/mol. The first-order chi connectivity index (χ1) is 8.89. The molecular weight excluding hydrogens is 259 g/mol. The van der Waals surface area contributed by atoms with Crippen LogP contribution >= 0.6 is 0 Å². The summed E-state index contributed by atoms with van der Waals surface area (Å²) in [6.45, 7) is 0. The van der Waals surface area contributed by atoms with Crippen LogP contribution in [0, 0.1) is 0 Å². The Morgan fingerprint density at radius 3 is 2.26 bits per heavy atom. The van der Waals surface area contributed by atoms with Crippen LogP contribution in [0.3, 0.4) is 0 Å². The summed E-state index contributed by atoms with van der Waals surface area (Å²) < 4.78 is 38.4. The number of alkyl halides is 3. The molecule has 6 heteroatoms. The van der Waals surface area contributed by atoms with Crippen LogP contribution in [0.2, 0.25) is 0 Å². The van der Waals surface area contributed by atoms with E-state index >= 15 is 0 Å².